The van der Waals surface area contributed by atoms with Crippen LogP contribution in [0.4, 0.5) is 0 Å². The summed E-state index contributed by atoms with van der Waals surface area (Å²) in [6.45, 7) is 12.4. The Hall–Kier alpha value is -2.89. The van der Waals surface area contributed by atoms with E-state index in [-0.39, 0.29) is 29.3 Å². The van der Waals surface area contributed by atoms with E-state index < -0.39 is 12.1 Å². The number of H-pyrrole nitrogens is 1. The lowest BCUT2D eigenvalue weighted by Crippen LogP contribution is -2.28. The third-order valence-corrected chi connectivity index (χ3v) is 4.79. The molecule has 0 aliphatic heterocycles. The molecule has 1 aromatic carbocycles. The van der Waals surface area contributed by atoms with Gasteiger partial charge < -0.3 is 14.5 Å². The molecule has 29 heavy (non-hydrogen) atoms. The fraction of sp³-hybridized carbons (Fsp3) is 0.435. The number of ether oxygens (including phenoxy) is 2. The van der Waals surface area contributed by atoms with Crippen LogP contribution in [0.2, 0.25) is 0 Å². The van der Waals surface area contributed by atoms with Crippen LogP contribution in [-0.2, 0) is 14.9 Å². The van der Waals surface area contributed by atoms with E-state index in [4.69, 9.17) is 9.47 Å². The van der Waals surface area contributed by atoms with E-state index in [1.807, 2.05) is 12.1 Å². The minimum absolute atomic E-state index is 0.0316. The lowest BCUT2D eigenvalue weighted by atomic mass is 9.87. The molecule has 1 atom stereocenters. The highest BCUT2D eigenvalue weighted by atomic mass is 16.6. The van der Waals surface area contributed by atoms with Gasteiger partial charge in [0.25, 0.3) is 0 Å². The Morgan fingerprint density at radius 3 is 2.14 bits per heavy atom. The molecule has 0 amide bonds. The molecule has 0 aliphatic rings. The highest BCUT2D eigenvalue weighted by Gasteiger charge is 2.26. The molecule has 0 aliphatic carbocycles. The van der Waals surface area contributed by atoms with Crippen molar-refractivity contribution in [2.75, 3.05) is 6.61 Å². The van der Waals surface area contributed by atoms with Gasteiger partial charge in [-0.1, -0.05) is 32.9 Å². The van der Waals surface area contributed by atoms with E-state index in [0.29, 0.717) is 22.6 Å². The summed E-state index contributed by atoms with van der Waals surface area (Å²) in [5.41, 5.74) is 3.16. The Balaban J connectivity index is 1.96. The first kappa shape index (κ1) is 22.4. The highest BCUT2D eigenvalue weighted by Crippen LogP contribution is 2.24. The van der Waals surface area contributed by atoms with Crippen molar-refractivity contribution in [1.82, 2.24) is 4.98 Å². The molecular weight excluding hydrogens is 370 g/mol. The number of aryl methyl sites for hydroxylation is 1. The molecule has 2 aromatic rings. The van der Waals surface area contributed by atoms with Gasteiger partial charge in [-0.2, -0.15) is 0 Å². The molecule has 6 heteroatoms. The summed E-state index contributed by atoms with van der Waals surface area (Å²) in [6, 6.07) is 7.51. The summed E-state index contributed by atoms with van der Waals surface area (Å²) in [5.74, 6) is -0.596. The maximum absolute atomic E-state index is 12.6. The van der Waals surface area contributed by atoms with E-state index in [2.05, 4.69) is 25.8 Å². The van der Waals surface area contributed by atoms with Crippen LogP contribution in [0.25, 0.3) is 0 Å². The number of Topliss-reactive ketones (excluding diaryl/α,β-unsaturated/α-hetero) is 2. The fourth-order valence-electron chi connectivity index (χ4n) is 3.21. The van der Waals surface area contributed by atoms with Gasteiger partial charge in [-0.25, -0.2) is 4.79 Å². The average molecular weight is 399 g/mol. The van der Waals surface area contributed by atoms with Gasteiger partial charge in [0, 0.05) is 11.3 Å². The quantitative estimate of drug-likeness (QED) is 0.553. The second kappa shape index (κ2) is 8.64. The van der Waals surface area contributed by atoms with E-state index in [1.165, 1.54) is 13.8 Å². The number of esters is 1. The van der Waals surface area contributed by atoms with Gasteiger partial charge in [-0.3, -0.25) is 9.59 Å². The number of carbonyl (C=O) groups is 3. The molecule has 0 bridgehead atoms. The Morgan fingerprint density at radius 1 is 1.07 bits per heavy atom. The van der Waals surface area contributed by atoms with Crippen LogP contribution in [0.1, 0.15) is 72.3 Å². The smallest absolute Gasteiger partial charge is 0.344 e. The van der Waals surface area contributed by atoms with E-state index in [1.54, 1.807) is 26.0 Å². The van der Waals surface area contributed by atoms with Crippen molar-refractivity contribution in [2.24, 2.45) is 0 Å². The summed E-state index contributed by atoms with van der Waals surface area (Å²) in [4.78, 5) is 39.4. The number of hydrogen-bond acceptors (Lipinski definition) is 5. The summed E-state index contributed by atoms with van der Waals surface area (Å²) in [7, 11) is 0. The first-order valence-electron chi connectivity index (χ1n) is 9.59. The Kier molecular flexibility index (Phi) is 6.67. The number of aromatic nitrogens is 1. The van der Waals surface area contributed by atoms with Crippen molar-refractivity contribution in [3.8, 4) is 5.75 Å². The van der Waals surface area contributed by atoms with Crippen molar-refractivity contribution in [3.63, 3.8) is 0 Å². The minimum Gasteiger partial charge on any atom is -0.482 e. The summed E-state index contributed by atoms with van der Waals surface area (Å²) in [6.07, 6.45) is -0.995. The molecule has 0 fully saturated rings. The fourth-order valence-corrected chi connectivity index (χ4v) is 3.21. The lowest BCUT2D eigenvalue weighted by molar-refractivity contribution is -0.148. The van der Waals surface area contributed by atoms with Gasteiger partial charge in [-0.15, -0.1) is 0 Å². The molecule has 6 nitrogen and oxygen atoms in total. The second-order valence-electron chi connectivity index (χ2n) is 8.24. The number of hydrogen-bond donors (Lipinski definition) is 1. The van der Waals surface area contributed by atoms with Crippen LogP contribution >= 0.6 is 0 Å². The van der Waals surface area contributed by atoms with Gasteiger partial charge >= 0.3 is 5.97 Å². The van der Waals surface area contributed by atoms with Gasteiger partial charge in [0.1, 0.15) is 5.75 Å². The van der Waals surface area contributed by atoms with Crippen LogP contribution < -0.4 is 4.74 Å². The van der Waals surface area contributed by atoms with Gasteiger partial charge in [0.05, 0.1) is 5.69 Å². The molecule has 0 spiro atoms. The van der Waals surface area contributed by atoms with Crippen molar-refractivity contribution >= 4 is 17.5 Å². The molecular formula is C23H29NO5. The second-order valence-corrected chi connectivity index (χ2v) is 8.24. The van der Waals surface area contributed by atoms with Crippen molar-refractivity contribution in [2.45, 2.75) is 60.0 Å². The SMILES string of the molecule is CC(=O)c1c(C)[nH]c(C(=O)[C@@H](C)OC(=O)COc2ccc(C(C)(C)C)cc2)c1C. The van der Waals surface area contributed by atoms with E-state index >= 15 is 0 Å². The number of benzene rings is 1. The van der Waals surface area contributed by atoms with Crippen LogP contribution in [0.3, 0.4) is 0 Å². The Morgan fingerprint density at radius 2 is 1.66 bits per heavy atom. The molecule has 1 heterocycles. The first-order chi connectivity index (χ1) is 13.4. The number of ketones is 2. The van der Waals surface area contributed by atoms with Crippen LogP contribution in [0.5, 0.6) is 5.75 Å². The minimum atomic E-state index is -0.995. The van der Waals surface area contributed by atoms with Gasteiger partial charge in [0.2, 0.25) is 5.78 Å². The molecule has 0 saturated heterocycles. The normalized spacial score (nSPS) is 12.4. The topological polar surface area (TPSA) is 85.5 Å². The van der Waals surface area contributed by atoms with Crippen molar-refractivity contribution < 1.29 is 23.9 Å². The van der Waals surface area contributed by atoms with Crippen LogP contribution in [0, 0.1) is 13.8 Å². The van der Waals surface area contributed by atoms with Crippen LogP contribution in [-0.4, -0.2) is 35.2 Å². The molecule has 1 aromatic heterocycles. The predicted molar refractivity (Wildman–Crippen MR) is 111 cm³/mol. The predicted octanol–water partition coefficient (Wildman–Crippen LogP) is 4.33. The Bertz CT molecular complexity index is 916. The van der Waals surface area contributed by atoms with Gasteiger partial charge in [-0.05, 0) is 56.4 Å². The van der Waals surface area contributed by atoms with E-state index in [0.717, 1.165) is 5.56 Å². The molecule has 2 rings (SSSR count). The zero-order chi connectivity index (χ0) is 21.9. The van der Waals surface area contributed by atoms with E-state index in [9.17, 15) is 14.4 Å². The largest absolute Gasteiger partial charge is 0.482 e. The van der Waals surface area contributed by atoms with Crippen molar-refractivity contribution in [1.29, 1.82) is 0 Å². The number of aromatic amines is 1. The summed E-state index contributed by atoms with van der Waals surface area (Å²) < 4.78 is 10.7. The molecule has 0 saturated carbocycles. The standard InChI is InChI=1S/C23H29NO5/c1-13-20(15(3)25)14(2)24-21(13)22(27)16(4)29-19(26)12-28-18-10-8-17(9-11-18)23(5,6)7/h8-11,16,24H,12H2,1-7H3/t16-/m1/s1. The molecule has 1 N–H and O–H groups in total. The number of rotatable bonds is 7. The third kappa shape index (κ3) is 5.34. The zero-order valence-corrected chi connectivity index (χ0v) is 18.1. The molecule has 0 radical (unpaired) electrons. The maximum atomic E-state index is 12.6. The van der Waals surface area contributed by atoms with Crippen LogP contribution in [0.15, 0.2) is 24.3 Å². The summed E-state index contributed by atoms with van der Waals surface area (Å²) >= 11 is 0. The first-order valence-corrected chi connectivity index (χ1v) is 9.59. The highest BCUT2D eigenvalue weighted by molar-refractivity contribution is 6.05. The van der Waals surface area contributed by atoms with Crippen molar-refractivity contribution in [3.05, 3.63) is 52.3 Å². The summed E-state index contributed by atoms with van der Waals surface area (Å²) in [5, 5.41) is 0. The monoisotopic (exact) mass is 399 g/mol. The molecule has 0 unspecified atom stereocenters. The van der Waals surface area contributed by atoms with Gasteiger partial charge in [0.15, 0.2) is 18.5 Å². The molecule has 156 valence electrons. The number of nitrogens with one attached hydrogen (secondary N) is 1. The maximum Gasteiger partial charge on any atom is 0.344 e. The number of carbonyl (C=O) groups excluding carboxylic acids is 3. The zero-order valence-electron chi connectivity index (χ0n) is 18.1. The lowest BCUT2D eigenvalue weighted by Gasteiger charge is -2.19. The average Bonchev–Trinajstić information content (AvgIpc) is 2.93. The Labute approximate surface area is 171 Å². The third-order valence-electron chi connectivity index (χ3n) is 4.79.